The minimum absolute atomic E-state index is 0.299. The highest BCUT2D eigenvalue weighted by molar-refractivity contribution is 5.80. The Morgan fingerprint density at radius 1 is 1.20 bits per heavy atom. The number of anilines is 3. The van der Waals surface area contributed by atoms with Gasteiger partial charge in [0.25, 0.3) is 0 Å². The average Bonchev–Trinajstić information content (AvgIpc) is 3.24. The van der Waals surface area contributed by atoms with Crippen molar-refractivity contribution in [2.45, 2.75) is 101 Å². The molecule has 41 heavy (non-hydrogen) atoms. The Morgan fingerprint density at radius 3 is 2.76 bits per heavy atom. The first-order valence-corrected chi connectivity index (χ1v) is 15.1. The van der Waals surface area contributed by atoms with E-state index < -0.39 is 24.5 Å². The fourth-order valence-electron chi connectivity index (χ4n) is 6.93. The van der Waals surface area contributed by atoms with Crippen LogP contribution in [0, 0.1) is 5.92 Å². The molecule has 0 radical (unpaired) electrons. The summed E-state index contributed by atoms with van der Waals surface area (Å²) >= 11 is 0. The molecule has 0 bridgehead atoms. The van der Waals surface area contributed by atoms with Crippen molar-refractivity contribution < 1.29 is 14.9 Å². The van der Waals surface area contributed by atoms with Gasteiger partial charge in [0.2, 0.25) is 0 Å². The van der Waals surface area contributed by atoms with Gasteiger partial charge in [0.1, 0.15) is 36.2 Å². The SMILES string of the molecule is CC(C)N(C[C@H]1O[C@@H](N2CNc3c(N)ncnc32)[C@H](O)[C@@H]1O)C1CC(CCc2nc3cc(C4(C)CC4)ccc3[nH]2)C1. The average molecular weight is 563 g/mol. The predicted molar refractivity (Wildman–Crippen MR) is 157 cm³/mol. The van der Waals surface area contributed by atoms with Crippen LogP contribution in [0.15, 0.2) is 24.5 Å². The zero-order valence-electron chi connectivity index (χ0n) is 24.1. The number of benzene rings is 1. The largest absolute Gasteiger partial charge is 0.387 e. The molecular formula is C30H42N8O3. The summed E-state index contributed by atoms with van der Waals surface area (Å²) in [4.78, 5) is 21.0. The molecule has 2 saturated carbocycles. The number of nitrogen functional groups attached to an aromatic ring is 1. The van der Waals surface area contributed by atoms with Gasteiger partial charge < -0.3 is 35.9 Å². The van der Waals surface area contributed by atoms with Crippen LogP contribution < -0.4 is 16.0 Å². The number of fused-ring (bicyclic) bond motifs is 2. The van der Waals surface area contributed by atoms with Gasteiger partial charge in [-0.25, -0.2) is 15.0 Å². The molecule has 11 heteroatoms. The summed E-state index contributed by atoms with van der Waals surface area (Å²) in [6, 6.07) is 7.45. The van der Waals surface area contributed by atoms with E-state index in [0.29, 0.717) is 54.0 Å². The summed E-state index contributed by atoms with van der Waals surface area (Å²) in [7, 11) is 0. The summed E-state index contributed by atoms with van der Waals surface area (Å²) in [5.74, 6) is 2.67. The van der Waals surface area contributed by atoms with E-state index in [9.17, 15) is 10.2 Å². The second-order valence-corrected chi connectivity index (χ2v) is 13.1. The van der Waals surface area contributed by atoms with Crippen molar-refractivity contribution >= 4 is 28.4 Å². The predicted octanol–water partition coefficient (Wildman–Crippen LogP) is 2.74. The molecule has 0 amide bonds. The van der Waals surface area contributed by atoms with Crippen molar-refractivity contribution in [3.8, 4) is 0 Å². The molecule has 11 nitrogen and oxygen atoms in total. The number of aryl methyl sites for hydroxylation is 1. The number of aliphatic hydroxyl groups excluding tert-OH is 2. The molecule has 2 aliphatic heterocycles. The van der Waals surface area contributed by atoms with Gasteiger partial charge in [0.15, 0.2) is 17.9 Å². The maximum Gasteiger partial charge on any atom is 0.162 e. The van der Waals surface area contributed by atoms with Crippen LogP contribution in [-0.4, -0.2) is 84.9 Å². The lowest BCUT2D eigenvalue weighted by molar-refractivity contribution is -0.0429. The van der Waals surface area contributed by atoms with E-state index in [-0.39, 0.29) is 0 Å². The Balaban J connectivity index is 0.941. The Hall–Kier alpha value is -2.99. The third-order valence-electron chi connectivity index (χ3n) is 9.95. The second-order valence-electron chi connectivity index (χ2n) is 13.1. The van der Waals surface area contributed by atoms with Gasteiger partial charge in [-0.15, -0.1) is 0 Å². The lowest BCUT2D eigenvalue weighted by Gasteiger charge is -2.46. The van der Waals surface area contributed by atoms with Gasteiger partial charge in [0, 0.05) is 25.0 Å². The van der Waals surface area contributed by atoms with Crippen molar-refractivity contribution in [2.75, 3.05) is 29.2 Å². The smallest absolute Gasteiger partial charge is 0.162 e. The molecule has 3 aromatic rings. The van der Waals surface area contributed by atoms with Crippen LogP contribution in [-0.2, 0) is 16.6 Å². The van der Waals surface area contributed by atoms with E-state index >= 15 is 0 Å². The fraction of sp³-hybridized carbons (Fsp3) is 0.633. The number of hydrogen-bond donors (Lipinski definition) is 5. The summed E-state index contributed by atoms with van der Waals surface area (Å²) in [5, 5.41) is 25.1. The van der Waals surface area contributed by atoms with Gasteiger partial charge >= 0.3 is 0 Å². The van der Waals surface area contributed by atoms with E-state index in [1.807, 2.05) is 4.90 Å². The number of rotatable bonds is 9. The number of nitrogens with two attached hydrogens (primary N) is 1. The highest BCUT2D eigenvalue weighted by Gasteiger charge is 2.49. The zero-order chi connectivity index (χ0) is 28.5. The summed E-state index contributed by atoms with van der Waals surface area (Å²) < 4.78 is 6.29. The lowest BCUT2D eigenvalue weighted by atomic mass is 9.76. The van der Waals surface area contributed by atoms with Gasteiger partial charge in [0.05, 0.1) is 17.7 Å². The number of aliphatic hydroxyl groups is 2. The van der Waals surface area contributed by atoms with Crippen molar-refractivity contribution in [1.82, 2.24) is 24.8 Å². The van der Waals surface area contributed by atoms with Crippen LogP contribution in [0.1, 0.15) is 64.3 Å². The third-order valence-corrected chi connectivity index (χ3v) is 9.95. The summed E-state index contributed by atoms with van der Waals surface area (Å²) in [6.45, 7) is 7.66. The quantitative estimate of drug-likeness (QED) is 0.264. The van der Waals surface area contributed by atoms with Crippen LogP contribution in [0.4, 0.5) is 17.3 Å². The van der Waals surface area contributed by atoms with E-state index in [0.717, 1.165) is 42.5 Å². The number of ether oxygens (including phenoxy) is 1. The summed E-state index contributed by atoms with van der Waals surface area (Å²) in [5.41, 5.74) is 10.6. The van der Waals surface area contributed by atoms with Gasteiger partial charge in [-0.05, 0) is 75.0 Å². The molecule has 6 N–H and O–H groups in total. The topological polar surface area (TPSA) is 149 Å². The van der Waals surface area contributed by atoms with E-state index in [2.05, 4.69) is 64.1 Å². The molecule has 1 aromatic carbocycles. The van der Waals surface area contributed by atoms with Gasteiger partial charge in [-0.1, -0.05) is 13.0 Å². The molecule has 4 aliphatic rings. The number of imidazole rings is 1. The molecule has 0 unspecified atom stereocenters. The first-order valence-electron chi connectivity index (χ1n) is 15.1. The normalized spacial score (nSPS) is 30.2. The maximum absolute atomic E-state index is 11.0. The first kappa shape index (κ1) is 26.9. The highest BCUT2D eigenvalue weighted by atomic mass is 16.6. The molecule has 4 heterocycles. The van der Waals surface area contributed by atoms with Crippen LogP contribution in [0.3, 0.4) is 0 Å². The molecule has 2 aliphatic carbocycles. The number of nitrogens with zero attached hydrogens (tertiary/aromatic N) is 5. The molecule has 0 spiro atoms. The first-order chi connectivity index (χ1) is 19.7. The monoisotopic (exact) mass is 562 g/mol. The van der Waals surface area contributed by atoms with Crippen molar-refractivity contribution in [3.63, 3.8) is 0 Å². The molecule has 7 rings (SSSR count). The highest BCUT2D eigenvalue weighted by Crippen LogP contribution is 2.48. The standard InChI is InChI=1S/C30H42N8O3/c1-16(2)37(13-22-25(39)26(40)29(41-22)38-15-34-24-27(31)32-14-33-28(24)38)19-10-17(11-19)4-7-23-35-20-6-5-18(12-21(20)36-23)30(3)8-9-30/h5-6,12,14,16-17,19,22,25-26,29,34,39-40H,4,7-11,13,15H2,1-3H3,(H,35,36)(H2,31,32,33)/t17?,19?,22-,25-,26-,29-/m1/s1. The number of H-pyrrole nitrogens is 1. The van der Waals surface area contributed by atoms with Crippen LogP contribution in [0.5, 0.6) is 0 Å². The van der Waals surface area contributed by atoms with Crippen molar-refractivity contribution in [2.24, 2.45) is 5.92 Å². The molecule has 2 aromatic heterocycles. The van der Waals surface area contributed by atoms with Gasteiger partial charge in [-0.2, -0.15) is 0 Å². The Labute approximate surface area is 240 Å². The van der Waals surface area contributed by atoms with Crippen molar-refractivity contribution in [1.29, 1.82) is 0 Å². The number of aromatic nitrogens is 4. The molecule has 3 fully saturated rings. The van der Waals surface area contributed by atoms with Gasteiger partial charge in [-0.3, -0.25) is 4.90 Å². The molecule has 220 valence electrons. The second kappa shape index (κ2) is 10.1. The zero-order valence-corrected chi connectivity index (χ0v) is 24.1. The Kier molecular flexibility index (Phi) is 6.61. The van der Waals surface area contributed by atoms with Crippen molar-refractivity contribution in [3.05, 3.63) is 35.9 Å². The van der Waals surface area contributed by atoms with E-state index in [1.165, 1.54) is 24.7 Å². The fourth-order valence-corrected chi connectivity index (χ4v) is 6.93. The number of hydrogen-bond acceptors (Lipinski definition) is 10. The number of nitrogens with one attached hydrogen (secondary N) is 2. The lowest BCUT2D eigenvalue weighted by Crippen LogP contribution is -2.52. The van der Waals surface area contributed by atoms with Crippen LogP contribution >= 0.6 is 0 Å². The van der Waals surface area contributed by atoms with E-state index in [1.54, 1.807) is 0 Å². The molecular weight excluding hydrogens is 520 g/mol. The third kappa shape index (κ3) is 4.82. The minimum Gasteiger partial charge on any atom is -0.387 e. The number of aromatic amines is 1. The van der Waals surface area contributed by atoms with Crippen LogP contribution in [0.2, 0.25) is 0 Å². The molecule has 4 atom stereocenters. The summed E-state index contributed by atoms with van der Waals surface area (Å²) in [6.07, 6.45) is 4.99. The van der Waals surface area contributed by atoms with Crippen LogP contribution in [0.25, 0.3) is 11.0 Å². The van der Waals surface area contributed by atoms with E-state index in [4.69, 9.17) is 15.5 Å². The maximum atomic E-state index is 11.0. The molecule has 1 saturated heterocycles. The Morgan fingerprint density at radius 2 is 2.00 bits per heavy atom. The Bertz CT molecular complexity index is 1420. The minimum atomic E-state index is -1.06.